The number of rotatable bonds is 4. The molecule has 114 valence electrons. The SMILES string of the molecule is Cc1cccc(-c2nnc(CSc3nc4ccccc4s3)o2)c1. The van der Waals surface area contributed by atoms with Crippen molar-refractivity contribution in [1.29, 1.82) is 0 Å². The Morgan fingerprint density at radius 3 is 2.87 bits per heavy atom. The maximum Gasteiger partial charge on any atom is 0.247 e. The third-order valence-electron chi connectivity index (χ3n) is 3.33. The van der Waals surface area contributed by atoms with Crippen molar-refractivity contribution in [2.45, 2.75) is 17.0 Å². The van der Waals surface area contributed by atoms with Gasteiger partial charge in [0, 0.05) is 5.56 Å². The van der Waals surface area contributed by atoms with Crippen LogP contribution in [0.25, 0.3) is 21.7 Å². The minimum atomic E-state index is 0.564. The molecule has 4 aromatic rings. The highest BCUT2D eigenvalue weighted by atomic mass is 32.2. The molecule has 4 rings (SSSR count). The van der Waals surface area contributed by atoms with Crippen molar-refractivity contribution >= 4 is 33.3 Å². The van der Waals surface area contributed by atoms with Gasteiger partial charge in [-0.25, -0.2) is 4.98 Å². The van der Waals surface area contributed by atoms with Gasteiger partial charge in [-0.2, -0.15) is 0 Å². The zero-order valence-corrected chi connectivity index (χ0v) is 14.0. The van der Waals surface area contributed by atoms with Gasteiger partial charge in [-0.3, -0.25) is 0 Å². The number of thiazole rings is 1. The second-order valence-electron chi connectivity index (χ2n) is 5.11. The number of para-hydroxylation sites is 1. The molecule has 0 aliphatic rings. The van der Waals surface area contributed by atoms with E-state index in [2.05, 4.69) is 21.2 Å². The molecule has 0 bridgehead atoms. The molecule has 0 unspecified atom stereocenters. The van der Waals surface area contributed by atoms with Crippen LogP contribution >= 0.6 is 23.1 Å². The third kappa shape index (κ3) is 3.13. The van der Waals surface area contributed by atoms with Crippen molar-refractivity contribution in [3.05, 3.63) is 60.0 Å². The lowest BCUT2D eigenvalue weighted by Gasteiger charge is -1.96. The third-order valence-corrected chi connectivity index (χ3v) is 5.49. The van der Waals surface area contributed by atoms with E-state index in [-0.39, 0.29) is 0 Å². The summed E-state index contributed by atoms with van der Waals surface area (Å²) in [5.41, 5.74) is 3.16. The number of fused-ring (bicyclic) bond motifs is 1. The van der Waals surface area contributed by atoms with Gasteiger partial charge < -0.3 is 4.42 Å². The van der Waals surface area contributed by atoms with Crippen LogP contribution in [0.15, 0.2) is 57.3 Å². The number of benzene rings is 2. The number of aromatic nitrogens is 3. The fraction of sp³-hybridized carbons (Fsp3) is 0.118. The van der Waals surface area contributed by atoms with E-state index in [0.717, 1.165) is 15.4 Å². The van der Waals surface area contributed by atoms with Crippen molar-refractivity contribution in [2.24, 2.45) is 0 Å². The Hall–Kier alpha value is -2.18. The van der Waals surface area contributed by atoms with Gasteiger partial charge in [0.2, 0.25) is 11.8 Å². The maximum atomic E-state index is 5.75. The van der Waals surface area contributed by atoms with Gasteiger partial charge in [-0.05, 0) is 31.2 Å². The zero-order valence-electron chi connectivity index (χ0n) is 12.4. The Balaban J connectivity index is 1.49. The fourth-order valence-corrected chi connectivity index (χ4v) is 4.15. The summed E-state index contributed by atoms with van der Waals surface area (Å²) in [6.45, 7) is 2.05. The fourth-order valence-electron chi connectivity index (χ4n) is 2.24. The molecule has 0 N–H and O–H groups in total. The number of aryl methyl sites for hydroxylation is 1. The molecule has 0 atom stereocenters. The molecule has 2 aromatic heterocycles. The van der Waals surface area contributed by atoms with Crippen LogP contribution in [0.4, 0.5) is 0 Å². The molecular formula is C17H13N3OS2. The normalized spacial score (nSPS) is 11.2. The molecule has 4 nitrogen and oxygen atoms in total. The first-order valence-electron chi connectivity index (χ1n) is 7.16. The summed E-state index contributed by atoms with van der Waals surface area (Å²) in [7, 11) is 0. The quantitative estimate of drug-likeness (QED) is 0.493. The monoisotopic (exact) mass is 339 g/mol. The molecule has 6 heteroatoms. The Kier molecular flexibility index (Phi) is 3.85. The number of thioether (sulfide) groups is 1. The van der Waals surface area contributed by atoms with Crippen molar-refractivity contribution < 1.29 is 4.42 Å². The molecular weight excluding hydrogens is 326 g/mol. The molecule has 0 spiro atoms. The highest BCUT2D eigenvalue weighted by Gasteiger charge is 2.10. The molecule has 0 amide bonds. The summed E-state index contributed by atoms with van der Waals surface area (Å²) in [4.78, 5) is 4.60. The standard InChI is InChI=1S/C17H13N3OS2/c1-11-5-4-6-12(9-11)16-20-19-15(21-16)10-22-17-18-13-7-2-3-8-14(13)23-17/h2-9H,10H2,1H3. The Morgan fingerprint density at radius 1 is 1.09 bits per heavy atom. The predicted octanol–water partition coefficient (Wildman–Crippen LogP) is 4.95. The minimum Gasteiger partial charge on any atom is -0.420 e. The summed E-state index contributed by atoms with van der Waals surface area (Å²) < 4.78 is 7.96. The average Bonchev–Trinajstić information content (AvgIpc) is 3.19. The summed E-state index contributed by atoms with van der Waals surface area (Å²) in [6.07, 6.45) is 0. The average molecular weight is 339 g/mol. The molecule has 0 saturated heterocycles. The van der Waals surface area contributed by atoms with Gasteiger partial charge in [0.15, 0.2) is 4.34 Å². The van der Waals surface area contributed by atoms with Gasteiger partial charge in [0.1, 0.15) is 0 Å². The van der Waals surface area contributed by atoms with Gasteiger partial charge in [0.05, 0.1) is 16.0 Å². The summed E-state index contributed by atoms with van der Waals surface area (Å²) in [5.74, 6) is 1.80. The lowest BCUT2D eigenvalue weighted by Crippen LogP contribution is -1.79. The van der Waals surface area contributed by atoms with Crippen molar-refractivity contribution in [2.75, 3.05) is 0 Å². The van der Waals surface area contributed by atoms with Crippen LogP contribution in [0, 0.1) is 6.92 Å². The Labute approximate surface area is 141 Å². The van der Waals surface area contributed by atoms with E-state index in [9.17, 15) is 0 Å². The molecule has 0 aliphatic heterocycles. The van der Waals surface area contributed by atoms with Crippen LogP contribution in [0.1, 0.15) is 11.5 Å². The van der Waals surface area contributed by atoms with Crippen molar-refractivity contribution in [1.82, 2.24) is 15.2 Å². The van der Waals surface area contributed by atoms with Crippen LogP contribution in [-0.4, -0.2) is 15.2 Å². The summed E-state index contributed by atoms with van der Waals surface area (Å²) >= 11 is 3.31. The number of hydrogen-bond donors (Lipinski definition) is 0. The highest BCUT2D eigenvalue weighted by molar-refractivity contribution is 8.00. The van der Waals surface area contributed by atoms with Gasteiger partial charge in [-0.15, -0.1) is 21.5 Å². The van der Waals surface area contributed by atoms with Crippen LogP contribution in [0.5, 0.6) is 0 Å². The maximum absolute atomic E-state index is 5.75. The highest BCUT2D eigenvalue weighted by Crippen LogP contribution is 2.31. The predicted molar refractivity (Wildman–Crippen MR) is 93.7 cm³/mol. The van der Waals surface area contributed by atoms with Crippen LogP contribution in [-0.2, 0) is 5.75 Å². The van der Waals surface area contributed by atoms with Gasteiger partial charge in [-0.1, -0.05) is 41.6 Å². The van der Waals surface area contributed by atoms with E-state index in [1.54, 1.807) is 23.1 Å². The zero-order chi connectivity index (χ0) is 15.6. The van der Waals surface area contributed by atoms with Gasteiger partial charge in [0.25, 0.3) is 0 Å². The first kappa shape index (κ1) is 14.4. The first-order valence-corrected chi connectivity index (χ1v) is 8.96. The number of hydrogen-bond acceptors (Lipinski definition) is 6. The molecule has 0 aliphatic carbocycles. The topological polar surface area (TPSA) is 51.8 Å². The smallest absolute Gasteiger partial charge is 0.247 e. The van der Waals surface area contributed by atoms with E-state index in [0.29, 0.717) is 17.5 Å². The molecule has 0 radical (unpaired) electrons. The Morgan fingerprint density at radius 2 is 2.00 bits per heavy atom. The van der Waals surface area contributed by atoms with Gasteiger partial charge >= 0.3 is 0 Å². The first-order chi connectivity index (χ1) is 11.3. The molecule has 2 aromatic carbocycles. The molecule has 0 saturated carbocycles. The van der Waals surface area contributed by atoms with Crippen molar-refractivity contribution in [3.63, 3.8) is 0 Å². The molecule has 23 heavy (non-hydrogen) atoms. The van der Waals surface area contributed by atoms with E-state index >= 15 is 0 Å². The van der Waals surface area contributed by atoms with Crippen LogP contribution in [0.2, 0.25) is 0 Å². The van der Waals surface area contributed by atoms with E-state index in [1.807, 2.05) is 49.4 Å². The van der Waals surface area contributed by atoms with Crippen molar-refractivity contribution in [3.8, 4) is 11.5 Å². The second kappa shape index (κ2) is 6.14. The molecule has 0 fully saturated rings. The van der Waals surface area contributed by atoms with Crippen LogP contribution in [0.3, 0.4) is 0 Å². The van der Waals surface area contributed by atoms with E-state index < -0.39 is 0 Å². The second-order valence-corrected chi connectivity index (χ2v) is 7.36. The summed E-state index contributed by atoms with van der Waals surface area (Å²) in [6, 6.07) is 16.2. The lowest BCUT2D eigenvalue weighted by molar-refractivity contribution is 0.528. The van der Waals surface area contributed by atoms with Crippen LogP contribution < -0.4 is 0 Å². The lowest BCUT2D eigenvalue weighted by atomic mass is 10.1. The minimum absolute atomic E-state index is 0.564. The number of nitrogens with zero attached hydrogens (tertiary/aromatic N) is 3. The largest absolute Gasteiger partial charge is 0.420 e. The summed E-state index contributed by atoms with van der Waals surface area (Å²) in [5, 5.41) is 8.27. The van der Waals surface area contributed by atoms with E-state index in [4.69, 9.17) is 4.42 Å². The molecule has 2 heterocycles. The Bertz CT molecular complexity index is 928. The van der Waals surface area contributed by atoms with E-state index in [1.165, 1.54) is 10.3 Å².